The minimum atomic E-state index is 0. The number of hydrogen-bond donors (Lipinski definition) is 0. The summed E-state index contributed by atoms with van der Waals surface area (Å²) < 4.78 is 0. The molecular formula is C2H4NNa. The second-order valence-electron chi connectivity index (χ2n) is 0.258. The Balaban J connectivity index is 0. The summed E-state index contributed by atoms with van der Waals surface area (Å²) in [6.07, 6.45) is 1.00. The Hall–Kier alpha value is 0.670. The molecule has 0 spiro atoms. The minimum Gasteiger partial charge on any atom is -0.814 e. The molecule has 0 aliphatic heterocycles. The van der Waals surface area contributed by atoms with E-state index < -0.39 is 0 Å². The van der Waals surface area contributed by atoms with Gasteiger partial charge in [0.25, 0.3) is 0 Å². The van der Waals surface area contributed by atoms with Crippen molar-refractivity contribution in [2.24, 2.45) is 0 Å². The first-order valence-corrected chi connectivity index (χ1v) is 0.836. The number of hydrogen-bond acceptors (Lipinski definition) is 0. The second kappa shape index (κ2) is 9.38. The van der Waals surface area contributed by atoms with Gasteiger partial charge in [-0.1, -0.05) is 6.92 Å². The van der Waals surface area contributed by atoms with E-state index in [2.05, 4.69) is 0 Å². The molecule has 0 amide bonds. The molecule has 0 atom stereocenters. The van der Waals surface area contributed by atoms with Crippen LogP contribution in [0.1, 0.15) is 6.92 Å². The Morgan fingerprint density at radius 2 is 1.75 bits per heavy atom. The van der Waals surface area contributed by atoms with Gasteiger partial charge < -0.3 is 5.41 Å². The van der Waals surface area contributed by atoms with Gasteiger partial charge in [0.15, 0.2) is 0 Å². The summed E-state index contributed by atoms with van der Waals surface area (Å²) in [7, 11) is 0. The molecule has 0 radical (unpaired) electrons. The fourth-order valence-electron chi connectivity index (χ4n) is 0. The van der Waals surface area contributed by atoms with Crippen molar-refractivity contribution in [2.75, 3.05) is 0 Å². The Bertz CT molecular complexity index is 13.5. The monoisotopic (exact) mass is 65.0 g/mol. The van der Waals surface area contributed by atoms with Crippen LogP contribution in [0.5, 0.6) is 0 Å². The van der Waals surface area contributed by atoms with E-state index in [1.54, 1.807) is 6.92 Å². The van der Waals surface area contributed by atoms with E-state index in [0.717, 1.165) is 6.21 Å². The van der Waals surface area contributed by atoms with E-state index in [9.17, 15) is 0 Å². The van der Waals surface area contributed by atoms with Crippen LogP contribution in [-0.4, -0.2) is 6.21 Å². The van der Waals surface area contributed by atoms with Crippen LogP contribution < -0.4 is 29.6 Å². The van der Waals surface area contributed by atoms with Crippen LogP contribution in [0.15, 0.2) is 0 Å². The smallest absolute Gasteiger partial charge is 0.814 e. The topological polar surface area (TPSA) is 22.3 Å². The van der Waals surface area contributed by atoms with Crippen molar-refractivity contribution in [3.8, 4) is 0 Å². The molecule has 0 aromatic heterocycles. The fourth-order valence-corrected chi connectivity index (χ4v) is 0. The van der Waals surface area contributed by atoms with E-state index >= 15 is 0 Å². The van der Waals surface area contributed by atoms with Crippen LogP contribution in [0.25, 0.3) is 5.41 Å². The molecule has 0 aromatic rings. The molecule has 0 saturated carbocycles. The Kier molecular flexibility index (Phi) is 20.7. The molecule has 0 aliphatic rings. The molecule has 0 aromatic carbocycles. The van der Waals surface area contributed by atoms with Crippen LogP contribution in [0.4, 0.5) is 0 Å². The van der Waals surface area contributed by atoms with Gasteiger partial charge in [-0.15, -0.1) is 0 Å². The SMILES string of the molecule is CC=[N-].[Na+]. The molecule has 0 bridgehead atoms. The maximum atomic E-state index is 7.44. The van der Waals surface area contributed by atoms with Gasteiger partial charge in [0.05, 0.1) is 0 Å². The van der Waals surface area contributed by atoms with Crippen molar-refractivity contribution in [3.05, 3.63) is 5.41 Å². The summed E-state index contributed by atoms with van der Waals surface area (Å²) in [5, 5.41) is 7.44. The van der Waals surface area contributed by atoms with E-state index in [1.807, 2.05) is 0 Å². The Morgan fingerprint density at radius 3 is 1.75 bits per heavy atom. The second-order valence-corrected chi connectivity index (χ2v) is 0.258. The molecular weight excluding hydrogens is 61.0 g/mol. The van der Waals surface area contributed by atoms with Gasteiger partial charge in [0.2, 0.25) is 0 Å². The predicted octanol–water partition coefficient (Wildman–Crippen LogP) is -2.35. The maximum Gasteiger partial charge on any atom is 1.00 e. The molecule has 1 nitrogen and oxygen atoms in total. The van der Waals surface area contributed by atoms with Crippen molar-refractivity contribution >= 4 is 6.21 Å². The predicted molar refractivity (Wildman–Crippen MR) is 15.1 cm³/mol. The molecule has 18 valence electrons. The Labute approximate surface area is 48.2 Å². The number of nitrogens with zero attached hydrogens (tertiary/aromatic N) is 1. The third-order valence-electron chi connectivity index (χ3n) is 0. The normalized spacial score (nSPS) is 3.25. The van der Waals surface area contributed by atoms with Crippen molar-refractivity contribution in [3.63, 3.8) is 0 Å². The molecule has 4 heavy (non-hydrogen) atoms. The van der Waals surface area contributed by atoms with Crippen LogP contribution in [0.2, 0.25) is 0 Å². The van der Waals surface area contributed by atoms with Crippen LogP contribution in [-0.2, 0) is 0 Å². The average molecular weight is 65.1 g/mol. The standard InChI is InChI=1S/C2H4N.Na/c1-2-3;/h2H,1H3;/q-1;+1. The summed E-state index contributed by atoms with van der Waals surface area (Å²) in [6, 6.07) is 0. The zero-order valence-electron chi connectivity index (χ0n) is 3.02. The number of rotatable bonds is 0. The quantitative estimate of drug-likeness (QED) is 0.223. The van der Waals surface area contributed by atoms with Gasteiger partial charge in [0.1, 0.15) is 0 Å². The van der Waals surface area contributed by atoms with Crippen molar-refractivity contribution in [2.45, 2.75) is 6.92 Å². The molecule has 0 rings (SSSR count). The largest absolute Gasteiger partial charge is 1.00 e. The van der Waals surface area contributed by atoms with Gasteiger partial charge in [0, 0.05) is 0 Å². The third kappa shape index (κ3) is 16.6. The summed E-state index contributed by atoms with van der Waals surface area (Å²) in [4.78, 5) is 0. The van der Waals surface area contributed by atoms with Crippen molar-refractivity contribution in [1.82, 2.24) is 0 Å². The molecule has 0 heterocycles. The Morgan fingerprint density at radius 1 is 1.75 bits per heavy atom. The fraction of sp³-hybridized carbons (Fsp3) is 0.500. The van der Waals surface area contributed by atoms with Gasteiger partial charge in [-0.3, -0.25) is 0 Å². The summed E-state index contributed by atoms with van der Waals surface area (Å²) in [5.74, 6) is 0. The summed E-state index contributed by atoms with van der Waals surface area (Å²) in [5.41, 5.74) is 0. The molecule has 0 N–H and O–H groups in total. The first-order chi connectivity index (χ1) is 1.41. The molecule has 0 aliphatic carbocycles. The first-order valence-electron chi connectivity index (χ1n) is 0.836. The van der Waals surface area contributed by atoms with Crippen molar-refractivity contribution < 1.29 is 29.6 Å². The van der Waals surface area contributed by atoms with E-state index in [-0.39, 0.29) is 29.6 Å². The molecule has 2 heteroatoms. The van der Waals surface area contributed by atoms with Gasteiger partial charge >= 0.3 is 29.6 Å². The first kappa shape index (κ1) is 8.82. The molecule has 0 fully saturated rings. The maximum absolute atomic E-state index is 7.44. The van der Waals surface area contributed by atoms with E-state index in [0.29, 0.717) is 0 Å². The van der Waals surface area contributed by atoms with E-state index in [4.69, 9.17) is 5.41 Å². The van der Waals surface area contributed by atoms with Gasteiger partial charge in [-0.05, 0) is 0 Å². The van der Waals surface area contributed by atoms with Crippen LogP contribution in [0, 0.1) is 0 Å². The third-order valence-corrected chi connectivity index (χ3v) is 0. The molecule has 0 unspecified atom stereocenters. The molecule has 0 saturated heterocycles. The summed E-state index contributed by atoms with van der Waals surface area (Å²) >= 11 is 0. The van der Waals surface area contributed by atoms with E-state index in [1.165, 1.54) is 0 Å². The van der Waals surface area contributed by atoms with Gasteiger partial charge in [-0.2, -0.15) is 0 Å². The van der Waals surface area contributed by atoms with Crippen LogP contribution in [0.3, 0.4) is 0 Å². The van der Waals surface area contributed by atoms with Crippen molar-refractivity contribution in [1.29, 1.82) is 0 Å². The average Bonchev–Trinajstić information content (AvgIpc) is 0.918. The van der Waals surface area contributed by atoms with Gasteiger partial charge in [-0.25, -0.2) is 6.21 Å². The zero-order valence-corrected chi connectivity index (χ0v) is 5.02. The summed E-state index contributed by atoms with van der Waals surface area (Å²) in [6.45, 7) is 1.56. The minimum absolute atomic E-state index is 0. The van der Waals surface area contributed by atoms with Crippen LogP contribution >= 0.6 is 0 Å². The zero-order chi connectivity index (χ0) is 2.71.